The number of hydrogen-bond acceptors (Lipinski definition) is 4. The number of amides is 2. The Hall–Kier alpha value is -2.18. The van der Waals surface area contributed by atoms with Gasteiger partial charge in [-0.25, -0.2) is 0 Å². The van der Waals surface area contributed by atoms with Gasteiger partial charge in [0.25, 0.3) is 11.8 Å². The highest BCUT2D eigenvalue weighted by Gasteiger charge is 2.24. The maximum absolute atomic E-state index is 12.7. The van der Waals surface area contributed by atoms with E-state index in [4.69, 9.17) is 4.74 Å². The smallest absolute Gasteiger partial charge is 0.261 e. The Labute approximate surface area is 158 Å². The summed E-state index contributed by atoms with van der Waals surface area (Å²) in [5, 5.41) is 4.77. The first-order valence-corrected chi connectivity index (χ1v) is 9.87. The van der Waals surface area contributed by atoms with Crippen LogP contribution in [0.3, 0.4) is 0 Å². The minimum absolute atomic E-state index is 0.0450. The molecule has 2 aromatic rings. The van der Waals surface area contributed by atoms with Crippen molar-refractivity contribution in [2.24, 2.45) is 0 Å². The molecule has 5 nitrogen and oxygen atoms in total. The molecular weight excluding hydrogens is 348 g/mol. The molecule has 0 spiro atoms. The zero-order valence-electron chi connectivity index (χ0n) is 14.9. The van der Waals surface area contributed by atoms with E-state index in [1.54, 1.807) is 6.07 Å². The van der Waals surface area contributed by atoms with Gasteiger partial charge in [0.05, 0.1) is 11.0 Å². The van der Waals surface area contributed by atoms with Crippen molar-refractivity contribution in [3.8, 4) is 0 Å². The number of likely N-dealkylation sites (tertiary alicyclic amines) is 1. The van der Waals surface area contributed by atoms with E-state index in [2.05, 4.69) is 5.32 Å². The summed E-state index contributed by atoms with van der Waals surface area (Å²) in [7, 11) is 0. The van der Waals surface area contributed by atoms with Gasteiger partial charge in [0.1, 0.15) is 0 Å². The van der Waals surface area contributed by atoms with Crippen molar-refractivity contribution in [3.05, 3.63) is 57.8 Å². The van der Waals surface area contributed by atoms with Gasteiger partial charge in [0.15, 0.2) is 0 Å². The first-order valence-electron chi connectivity index (χ1n) is 8.99. The summed E-state index contributed by atoms with van der Waals surface area (Å²) in [4.78, 5) is 27.2. The van der Waals surface area contributed by atoms with E-state index >= 15 is 0 Å². The minimum Gasteiger partial charge on any atom is -0.377 e. The molecule has 0 bridgehead atoms. The van der Waals surface area contributed by atoms with Crippen molar-refractivity contribution >= 4 is 23.2 Å². The third-order valence-electron chi connectivity index (χ3n) is 4.47. The Morgan fingerprint density at radius 2 is 2.08 bits per heavy atom. The molecule has 3 rings (SSSR count). The molecule has 6 heteroatoms. The van der Waals surface area contributed by atoms with E-state index in [9.17, 15) is 9.59 Å². The van der Waals surface area contributed by atoms with E-state index in [0.29, 0.717) is 30.1 Å². The SMILES string of the molecule is CCOC1CCCN(C(=O)c2ccc(CNC(=O)c3cccs3)cc2)C1. The van der Waals surface area contributed by atoms with Crippen LogP contribution in [0.4, 0.5) is 0 Å². The number of nitrogens with zero attached hydrogens (tertiary/aromatic N) is 1. The van der Waals surface area contributed by atoms with Crippen molar-refractivity contribution in [2.45, 2.75) is 32.4 Å². The monoisotopic (exact) mass is 372 g/mol. The molecule has 0 radical (unpaired) electrons. The molecule has 2 amide bonds. The number of piperidine rings is 1. The molecule has 1 N–H and O–H groups in total. The van der Waals surface area contributed by atoms with Gasteiger partial charge >= 0.3 is 0 Å². The summed E-state index contributed by atoms with van der Waals surface area (Å²) in [6.45, 7) is 4.54. The van der Waals surface area contributed by atoms with Crippen LogP contribution in [0.25, 0.3) is 0 Å². The second-order valence-electron chi connectivity index (χ2n) is 6.33. The molecule has 1 unspecified atom stereocenters. The number of carbonyl (C=O) groups excluding carboxylic acids is 2. The molecule has 1 aromatic carbocycles. The van der Waals surface area contributed by atoms with E-state index in [1.165, 1.54) is 11.3 Å². The van der Waals surface area contributed by atoms with Crippen LogP contribution >= 0.6 is 11.3 Å². The van der Waals surface area contributed by atoms with Gasteiger partial charge in [-0.05, 0) is 48.9 Å². The Bertz CT molecular complexity index is 726. The number of rotatable bonds is 6. The average molecular weight is 372 g/mol. The third-order valence-corrected chi connectivity index (χ3v) is 5.34. The quantitative estimate of drug-likeness (QED) is 0.846. The maximum Gasteiger partial charge on any atom is 0.261 e. The molecule has 1 saturated heterocycles. The first-order chi connectivity index (χ1) is 12.7. The van der Waals surface area contributed by atoms with Crippen LogP contribution in [0.1, 0.15) is 45.4 Å². The Morgan fingerprint density at radius 1 is 1.27 bits per heavy atom. The van der Waals surface area contributed by atoms with Gasteiger partial charge in [0, 0.05) is 31.8 Å². The molecule has 138 valence electrons. The molecule has 1 atom stereocenters. The zero-order valence-corrected chi connectivity index (χ0v) is 15.8. The lowest BCUT2D eigenvalue weighted by atomic mass is 10.1. The number of nitrogens with one attached hydrogen (secondary N) is 1. The first kappa shape index (κ1) is 18.6. The lowest BCUT2D eigenvalue weighted by molar-refractivity contribution is 0.00724. The second kappa shape index (κ2) is 8.96. The molecule has 0 aliphatic carbocycles. The van der Waals surface area contributed by atoms with Crippen molar-refractivity contribution in [2.75, 3.05) is 19.7 Å². The predicted molar refractivity (Wildman–Crippen MR) is 102 cm³/mol. The molecule has 1 aliphatic rings. The molecule has 1 aliphatic heterocycles. The van der Waals surface area contributed by atoms with Crippen LogP contribution in [0.5, 0.6) is 0 Å². The van der Waals surface area contributed by atoms with Crippen LogP contribution in [-0.4, -0.2) is 42.5 Å². The van der Waals surface area contributed by atoms with Crippen LogP contribution in [0.2, 0.25) is 0 Å². The fourth-order valence-electron chi connectivity index (χ4n) is 3.12. The number of ether oxygens (including phenoxy) is 1. The zero-order chi connectivity index (χ0) is 18.4. The molecule has 0 saturated carbocycles. The van der Waals surface area contributed by atoms with E-state index in [0.717, 1.165) is 24.9 Å². The Morgan fingerprint density at radius 3 is 2.77 bits per heavy atom. The lowest BCUT2D eigenvalue weighted by Gasteiger charge is -2.32. The van der Waals surface area contributed by atoms with Gasteiger partial charge in [-0.3, -0.25) is 9.59 Å². The Kier molecular flexibility index (Phi) is 6.41. The summed E-state index contributed by atoms with van der Waals surface area (Å²) in [5.41, 5.74) is 1.65. The summed E-state index contributed by atoms with van der Waals surface area (Å²) in [6, 6.07) is 11.1. The van der Waals surface area contributed by atoms with E-state index in [-0.39, 0.29) is 17.9 Å². The average Bonchev–Trinajstić information content (AvgIpc) is 3.21. The van der Waals surface area contributed by atoms with Gasteiger partial charge in [0.2, 0.25) is 0 Å². The highest BCUT2D eigenvalue weighted by atomic mass is 32.1. The van der Waals surface area contributed by atoms with Gasteiger partial charge in [-0.1, -0.05) is 18.2 Å². The number of benzene rings is 1. The van der Waals surface area contributed by atoms with Crippen LogP contribution in [0.15, 0.2) is 41.8 Å². The normalized spacial score (nSPS) is 17.1. The van der Waals surface area contributed by atoms with Crippen molar-refractivity contribution in [1.29, 1.82) is 0 Å². The standard InChI is InChI=1S/C20H24N2O3S/c1-2-25-17-5-3-11-22(14-17)20(24)16-9-7-15(8-10-16)13-21-19(23)18-6-4-12-26-18/h4,6-10,12,17H,2-3,5,11,13-14H2,1H3,(H,21,23). The third kappa shape index (κ3) is 4.71. The van der Waals surface area contributed by atoms with Crippen LogP contribution < -0.4 is 5.32 Å². The van der Waals surface area contributed by atoms with Crippen molar-refractivity contribution in [3.63, 3.8) is 0 Å². The van der Waals surface area contributed by atoms with Gasteiger partial charge < -0.3 is 15.0 Å². The summed E-state index contributed by atoms with van der Waals surface area (Å²) >= 11 is 1.42. The fourth-order valence-corrected chi connectivity index (χ4v) is 3.76. The summed E-state index contributed by atoms with van der Waals surface area (Å²) in [6.07, 6.45) is 2.13. The molecule has 26 heavy (non-hydrogen) atoms. The van der Waals surface area contributed by atoms with E-state index < -0.39 is 0 Å². The number of hydrogen-bond donors (Lipinski definition) is 1. The van der Waals surface area contributed by atoms with E-state index in [1.807, 2.05) is 47.5 Å². The molecule has 1 aromatic heterocycles. The summed E-state index contributed by atoms with van der Waals surface area (Å²) < 4.78 is 5.67. The van der Waals surface area contributed by atoms with Crippen LogP contribution in [-0.2, 0) is 11.3 Å². The topological polar surface area (TPSA) is 58.6 Å². The van der Waals surface area contributed by atoms with Crippen molar-refractivity contribution in [1.82, 2.24) is 10.2 Å². The highest BCUT2D eigenvalue weighted by molar-refractivity contribution is 7.12. The second-order valence-corrected chi connectivity index (χ2v) is 7.28. The highest BCUT2D eigenvalue weighted by Crippen LogP contribution is 2.17. The predicted octanol–water partition coefficient (Wildman–Crippen LogP) is 3.32. The Balaban J connectivity index is 1.55. The number of thiophene rings is 1. The fraction of sp³-hybridized carbons (Fsp3) is 0.400. The van der Waals surface area contributed by atoms with Gasteiger partial charge in [-0.15, -0.1) is 11.3 Å². The lowest BCUT2D eigenvalue weighted by Crippen LogP contribution is -2.43. The minimum atomic E-state index is -0.0737. The van der Waals surface area contributed by atoms with Crippen molar-refractivity contribution < 1.29 is 14.3 Å². The molecule has 1 fully saturated rings. The molecular formula is C20H24N2O3S. The largest absolute Gasteiger partial charge is 0.377 e. The summed E-state index contributed by atoms with van der Waals surface area (Å²) in [5.74, 6) is -0.0287. The maximum atomic E-state index is 12.7. The molecule has 2 heterocycles. The van der Waals surface area contributed by atoms with Gasteiger partial charge in [-0.2, -0.15) is 0 Å². The van der Waals surface area contributed by atoms with Crippen LogP contribution in [0, 0.1) is 0 Å². The number of carbonyl (C=O) groups is 2.